The average Bonchev–Trinajstić information content (AvgIpc) is 2.45. The van der Waals surface area contributed by atoms with E-state index in [1.165, 1.54) is 5.56 Å². The van der Waals surface area contributed by atoms with Crippen LogP contribution in [0.15, 0.2) is 24.3 Å². The molecule has 1 atom stereocenters. The highest BCUT2D eigenvalue weighted by molar-refractivity contribution is 5.97. The SMILES string of the molecule is CCc1ccccc1CN1CC(=O)NC(C)(CC)C1=O. The van der Waals surface area contributed by atoms with Crippen LogP contribution < -0.4 is 5.32 Å². The van der Waals surface area contributed by atoms with E-state index in [0.29, 0.717) is 13.0 Å². The number of benzene rings is 1. The number of hydrogen-bond donors (Lipinski definition) is 1. The number of aryl methyl sites for hydroxylation is 1. The van der Waals surface area contributed by atoms with Gasteiger partial charge in [0.25, 0.3) is 0 Å². The third-order valence-electron chi connectivity index (χ3n) is 4.08. The van der Waals surface area contributed by atoms with E-state index in [1.54, 1.807) is 11.8 Å². The summed E-state index contributed by atoms with van der Waals surface area (Å²) < 4.78 is 0. The molecular formula is C16H22N2O2. The molecule has 0 bridgehead atoms. The van der Waals surface area contributed by atoms with Crippen molar-refractivity contribution in [1.82, 2.24) is 10.2 Å². The van der Waals surface area contributed by atoms with Gasteiger partial charge in [0.2, 0.25) is 11.8 Å². The Kier molecular flexibility index (Phi) is 4.12. The molecule has 1 aromatic carbocycles. The molecule has 0 radical (unpaired) electrons. The molecule has 108 valence electrons. The number of rotatable bonds is 4. The molecule has 4 heteroatoms. The lowest BCUT2D eigenvalue weighted by molar-refractivity contribution is -0.149. The minimum absolute atomic E-state index is 0.00510. The molecule has 1 aliphatic rings. The standard InChI is InChI=1S/C16H22N2O2/c1-4-12-8-6-7-9-13(12)10-18-11-14(19)17-16(3,5-2)15(18)20/h6-9H,4-5,10-11H2,1-3H3,(H,17,19). The summed E-state index contributed by atoms with van der Waals surface area (Å²) in [5.41, 5.74) is 1.58. The van der Waals surface area contributed by atoms with Crippen LogP contribution in [-0.2, 0) is 22.6 Å². The molecule has 1 aliphatic heterocycles. The molecule has 20 heavy (non-hydrogen) atoms. The Bertz CT molecular complexity index is 527. The highest BCUT2D eigenvalue weighted by Gasteiger charge is 2.41. The fourth-order valence-electron chi connectivity index (χ4n) is 2.62. The van der Waals surface area contributed by atoms with Gasteiger partial charge in [-0.25, -0.2) is 0 Å². The van der Waals surface area contributed by atoms with Crippen molar-refractivity contribution in [3.63, 3.8) is 0 Å². The lowest BCUT2D eigenvalue weighted by Gasteiger charge is -2.39. The van der Waals surface area contributed by atoms with Gasteiger partial charge < -0.3 is 10.2 Å². The van der Waals surface area contributed by atoms with Crippen molar-refractivity contribution in [2.45, 2.75) is 45.7 Å². The lowest BCUT2D eigenvalue weighted by Crippen LogP contribution is -2.64. The largest absolute Gasteiger partial charge is 0.340 e. The van der Waals surface area contributed by atoms with Gasteiger partial charge in [0.15, 0.2) is 0 Å². The predicted molar refractivity (Wildman–Crippen MR) is 78.1 cm³/mol. The number of piperazine rings is 1. The van der Waals surface area contributed by atoms with Gasteiger partial charge in [0.1, 0.15) is 5.54 Å². The van der Waals surface area contributed by atoms with Crippen LogP contribution in [0.25, 0.3) is 0 Å². The Hall–Kier alpha value is -1.84. The van der Waals surface area contributed by atoms with Gasteiger partial charge in [-0.15, -0.1) is 0 Å². The smallest absolute Gasteiger partial charge is 0.248 e. The predicted octanol–water partition coefficient (Wildman–Crippen LogP) is 1.88. The van der Waals surface area contributed by atoms with Crippen molar-refractivity contribution in [3.8, 4) is 0 Å². The summed E-state index contributed by atoms with van der Waals surface area (Å²) in [5, 5.41) is 2.81. The van der Waals surface area contributed by atoms with E-state index < -0.39 is 5.54 Å². The van der Waals surface area contributed by atoms with Crippen molar-refractivity contribution < 1.29 is 9.59 Å². The third-order valence-corrected chi connectivity index (χ3v) is 4.08. The maximum absolute atomic E-state index is 12.5. The highest BCUT2D eigenvalue weighted by Crippen LogP contribution is 2.21. The Morgan fingerprint density at radius 1 is 1.20 bits per heavy atom. The van der Waals surface area contributed by atoms with E-state index in [1.807, 2.05) is 25.1 Å². The molecule has 1 aromatic rings. The van der Waals surface area contributed by atoms with E-state index in [9.17, 15) is 9.59 Å². The first kappa shape index (κ1) is 14.6. The second-order valence-corrected chi connectivity index (χ2v) is 5.52. The Balaban J connectivity index is 2.24. The zero-order chi connectivity index (χ0) is 14.8. The molecule has 4 nitrogen and oxygen atoms in total. The van der Waals surface area contributed by atoms with E-state index in [0.717, 1.165) is 12.0 Å². The molecule has 1 N–H and O–H groups in total. The van der Waals surface area contributed by atoms with Crippen molar-refractivity contribution in [1.29, 1.82) is 0 Å². The van der Waals surface area contributed by atoms with E-state index >= 15 is 0 Å². The first-order chi connectivity index (χ1) is 9.50. The van der Waals surface area contributed by atoms with Crippen molar-refractivity contribution >= 4 is 11.8 Å². The normalized spacial score (nSPS) is 22.9. The van der Waals surface area contributed by atoms with Gasteiger partial charge in [-0.3, -0.25) is 9.59 Å². The Morgan fingerprint density at radius 3 is 2.45 bits per heavy atom. The minimum Gasteiger partial charge on any atom is -0.340 e. The molecule has 2 rings (SSSR count). The van der Waals surface area contributed by atoms with E-state index in [2.05, 4.69) is 18.3 Å². The minimum atomic E-state index is -0.767. The number of nitrogens with zero attached hydrogens (tertiary/aromatic N) is 1. The van der Waals surface area contributed by atoms with Gasteiger partial charge in [0, 0.05) is 6.54 Å². The fourth-order valence-corrected chi connectivity index (χ4v) is 2.62. The quantitative estimate of drug-likeness (QED) is 0.911. The van der Waals surface area contributed by atoms with Gasteiger partial charge >= 0.3 is 0 Å². The Morgan fingerprint density at radius 2 is 1.85 bits per heavy atom. The maximum atomic E-state index is 12.5. The Labute approximate surface area is 120 Å². The number of carbonyl (C=O) groups excluding carboxylic acids is 2. The molecule has 0 aliphatic carbocycles. The molecule has 1 heterocycles. The fraction of sp³-hybridized carbons (Fsp3) is 0.500. The van der Waals surface area contributed by atoms with Crippen LogP contribution >= 0.6 is 0 Å². The number of nitrogens with one attached hydrogen (secondary N) is 1. The van der Waals surface area contributed by atoms with Crippen molar-refractivity contribution in [2.24, 2.45) is 0 Å². The van der Waals surface area contributed by atoms with Crippen LogP contribution in [0.4, 0.5) is 0 Å². The topological polar surface area (TPSA) is 49.4 Å². The molecule has 1 saturated heterocycles. The van der Waals surface area contributed by atoms with Gasteiger partial charge in [-0.2, -0.15) is 0 Å². The highest BCUT2D eigenvalue weighted by atomic mass is 16.2. The van der Waals surface area contributed by atoms with Gasteiger partial charge in [-0.05, 0) is 30.9 Å². The van der Waals surface area contributed by atoms with Crippen LogP contribution in [0.3, 0.4) is 0 Å². The van der Waals surface area contributed by atoms with Crippen molar-refractivity contribution in [3.05, 3.63) is 35.4 Å². The van der Waals surface area contributed by atoms with Crippen LogP contribution in [0.1, 0.15) is 38.3 Å². The zero-order valence-corrected chi connectivity index (χ0v) is 12.4. The molecule has 1 fully saturated rings. The first-order valence-electron chi connectivity index (χ1n) is 7.17. The van der Waals surface area contributed by atoms with Crippen LogP contribution in [0.5, 0.6) is 0 Å². The van der Waals surface area contributed by atoms with Crippen LogP contribution in [0, 0.1) is 0 Å². The maximum Gasteiger partial charge on any atom is 0.248 e. The summed E-state index contributed by atoms with van der Waals surface area (Å²) in [6, 6.07) is 8.08. The summed E-state index contributed by atoms with van der Waals surface area (Å²) >= 11 is 0. The number of amides is 2. The molecule has 0 aromatic heterocycles. The summed E-state index contributed by atoms with van der Waals surface area (Å²) in [6.07, 6.45) is 1.53. The second-order valence-electron chi connectivity index (χ2n) is 5.52. The molecular weight excluding hydrogens is 252 g/mol. The summed E-state index contributed by atoms with van der Waals surface area (Å²) in [5.74, 6) is -0.0755. The number of hydrogen-bond acceptors (Lipinski definition) is 2. The first-order valence-corrected chi connectivity index (χ1v) is 7.17. The summed E-state index contributed by atoms with van der Waals surface area (Å²) in [6.45, 7) is 6.46. The van der Waals surface area contributed by atoms with E-state index in [4.69, 9.17) is 0 Å². The van der Waals surface area contributed by atoms with Crippen LogP contribution in [0.2, 0.25) is 0 Å². The van der Waals surface area contributed by atoms with E-state index in [-0.39, 0.29) is 18.4 Å². The summed E-state index contributed by atoms with van der Waals surface area (Å²) in [7, 11) is 0. The van der Waals surface area contributed by atoms with Gasteiger partial charge in [-0.1, -0.05) is 38.1 Å². The van der Waals surface area contributed by atoms with Crippen molar-refractivity contribution in [2.75, 3.05) is 6.54 Å². The molecule has 2 amide bonds. The molecule has 0 spiro atoms. The summed E-state index contributed by atoms with van der Waals surface area (Å²) in [4.78, 5) is 26.0. The monoisotopic (exact) mass is 274 g/mol. The molecule has 0 saturated carbocycles. The third kappa shape index (κ3) is 2.69. The number of carbonyl (C=O) groups is 2. The average molecular weight is 274 g/mol. The molecule has 1 unspecified atom stereocenters. The zero-order valence-electron chi connectivity index (χ0n) is 12.4. The second kappa shape index (κ2) is 5.65. The lowest BCUT2D eigenvalue weighted by atomic mass is 9.93. The van der Waals surface area contributed by atoms with Crippen LogP contribution in [-0.4, -0.2) is 28.8 Å². The van der Waals surface area contributed by atoms with Gasteiger partial charge in [0.05, 0.1) is 6.54 Å².